The van der Waals surface area contributed by atoms with Crippen LogP contribution < -0.4 is 5.32 Å². The van der Waals surface area contributed by atoms with Crippen molar-refractivity contribution in [1.82, 2.24) is 4.98 Å². The highest BCUT2D eigenvalue weighted by Crippen LogP contribution is 2.21. The summed E-state index contributed by atoms with van der Waals surface area (Å²) < 4.78 is 32.6. The number of alkyl halides is 3. The smallest absolute Gasteiger partial charge is 0.475 e. The summed E-state index contributed by atoms with van der Waals surface area (Å²) in [6, 6.07) is 14.4. The number of pyridine rings is 1. The van der Waals surface area contributed by atoms with Crippen molar-refractivity contribution < 1.29 is 33.0 Å². The Hall–Kier alpha value is -2.98. The quantitative estimate of drug-likeness (QED) is 0.529. The average molecular weight is 471 g/mol. The van der Waals surface area contributed by atoms with Gasteiger partial charge in [0.25, 0.3) is 5.91 Å². The Bertz CT molecular complexity index is 1010. The molecular weight excluding hydrogens is 457 g/mol. The minimum atomic E-state index is -5.08. The summed E-state index contributed by atoms with van der Waals surface area (Å²) in [5.41, 5.74) is 1.19. The zero-order valence-corrected chi connectivity index (χ0v) is 16.1. The minimum absolute atomic E-state index is 0.462. The number of rotatable bonds is 3. The highest BCUT2D eigenvalue weighted by Gasteiger charge is 2.38. The van der Waals surface area contributed by atoms with E-state index in [0.29, 0.717) is 11.3 Å². The van der Waals surface area contributed by atoms with Gasteiger partial charge in [-0.05, 0) is 41.3 Å². The third-order valence-corrected chi connectivity index (χ3v) is 4.11. The van der Waals surface area contributed by atoms with E-state index in [1.54, 1.807) is 42.7 Å². The van der Waals surface area contributed by atoms with Gasteiger partial charge < -0.3 is 15.5 Å². The van der Waals surface area contributed by atoms with E-state index in [1.807, 2.05) is 18.2 Å². The zero-order valence-electron chi connectivity index (χ0n) is 14.5. The lowest BCUT2D eigenvalue weighted by Crippen LogP contribution is -2.21. The number of halogens is 4. The molecule has 0 saturated heterocycles. The molecule has 29 heavy (non-hydrogen) atoms. The Morgan fingerprint density at radius 2 is 1.66 bits per heavy atom. The predicted octanol–water partition coefficient (Wildman–Crippen LogP) is 4.30. The molecule has 0 saturated carbocycles. The van der Waals surface area contributed by atoms with E-state index in [1.165, 1.54) is 0 Å². The Kier molecular flexibility index (Phi) is 7.29. The predicted molar refractivity (Wildman–Crippen MR) is 103 cm³/mol. The SMILES string of the molecule is O=C(Nc1ccc2cnccc2c1)C(O)c1ccc(Br)cc1.O=C(O)C(F)(F)F. The second kappa shape index (κ2) is 9.48. The van der Waals surface area contributed by atoms with Crippen LogP contribution in [0.5, 0.6) is 0 Å². The highest BCUT2D eigenvalue weighted by molar-refractivity contribution is 9.10. The first-order valence-corrected chi connectivity index (χ1v) is 8.75. The maximum Gasteiger partial charge on any atom is 0.490 e. The molecule has 6 nitrogen and oxygen atoms in total. The van der Waals surface area contributed by atoms with Gasteiger partial charge in [0.15, 0.2) is 6.10 Å². The molecule has 0 spiro atoms. The fourth-order valence-corrected chi connectivity index (χ4v) is 2.43. The van der Waals surface area contributed by atoms with Crippen molar-refractivity contribution in [3.05, 3.63) is 71.0 Å². The van der Waals surface area contributed by atoms with Gasteiger partial charge in [-0.3, -0.25) is 9.78 Å². The van der Waals surface area contributed by atoms with Crippen LogP contribution in [0.3, 0.4) is 0 Å². The fraction of sp³-hybridized carbons (Fsp3) is 0.105. The van der Waals surface area contributed by atoms with Crippen molar-refractivity contribution in [1.29, 1.82) is 0 Å². The number of aliphatic carboxylic acids is 1. The standard InChI is InChI=1S/C17H13BrN2O2.C2HF3O2/c18-14-4-1-11(2-5-14)16(21)17(22)20-15-6-3-13-10-19-8-7-12(13)9-15;3-2(4,5)1(6)7/h1-10,16,21H,(H,20,22);(H,6,7). The molecule has 0 aliphatic carbocycles. The number of hydrogen-bond acceptors (Lipinski definition) is 4. The topological polar surface area (TPSA) is 99.5 Å². The molecule has 1 unspecified atom stereocenters. The number of carboxylic acids is 1. The van der Waals surface area contributed by atoms with Crippen molar-refractivity contribution in [2.24, 2.45) is 0 Å². The molecule has 10 heteroatoms. The molecule has 152 valence electrons. The lowest BCUT2D eigenvalue weighted by Gasteiger charge is -2.12. The second-order valence-corrected chi connectivity index (χ2v) is 6.60. The van der Waals surface area contributed by atoms with E-state index in [0.717, 1.165) is 15.2 Å². The molecule has 1 heterocycles. The highest BCUT2D eigenvalue weighted by atomic mass is 79.9. The number of carbonyl (C=O) groups excluding carboxylic acids is 1. The van der Waals surface area contributed by atoms with Crippen molar-refractivity contribution in [3.63, 3.8) is 0 Å². The number of aliphatic hydroxyl groups excluding tert-OH is 1. The van der Waals surface area contributed by atoms with Crippen molar-refractivity contribution in [2.45, 2.75) is 12.3 Å². The van der Waals surface area contributed by atoms with Crippen LogP contribution in [-0.4, -0.2) is 33.2 Å². The van der Waals surface area contributed by atoms with E-state index in [4.69, 9.17) is 9.90 Å². The third-order valence-electron chi connectivity index (χ3n) is 3.58. The lowest BCUT2D eigenvalue weighted by molar-refractivity contribution is -0.192. The number of amides is 1. The van der Waals surface area contributed by atoms with E-state index < -0.39 is 24.2 Å². The first kappa shape index (κ1) is 22.3. The number of aromatic nitrogens is 1. The molecule has 1 amide bonds. The van der Waals surface area contributed by atoms with Gasteiger partial charge in [-0.15, -0.1) is 0 Å². The van der Waals surface area contributed by atoms with Crippen molar-refractivity contribution in [2.75, 3.05) is 5.32 Å². The Balaban J connectivity index is 0.000000370. The van der Waals surface area contributed by atoms with Crippen LogP contribution >= 0.6 is 15.9 Å². The van der Waals surface area contributed by atoms with Crippen LogP contribution in [-0.2, 0) is 9.59 Å². The molecule has 3 aromatic rings. The normalized spacial score (nSPS) is 11.9. The lowest BCUT2D eigenvalue weighted by atomic mass is 10.1. The number of nitrogens with zero attached hydrogens (tertiary/aromatic N) is 1. The number of nitrogens with one attached hydrogen (secondary N) is 1. The summed E-state index contributed by atoms with van der Waals surface area (Å²) in [6.45, 7) is 0. The molecular formula is C19H14BrF3N2O4. The van der Waals surface area contributed by atoms with Gasteiger partial charge >= 0.3 is 12.1 Å². The summed E-state index contributed by atoms with van der Waals surface area (Å²) in [5, 5.41) is 21.9. The number of benzene rings is 2. The maximum absolute atomic E-state index is 12.1. The van der Waals surface area contributed by atoms with Gasteiger partial charge in [0.1, 0.15) is 0 Å². The van der Waals surface area contributed by atoms with E-state index in [2.05, 4.69) is 26.2 Å². The van der Waals surface area contributed by atoms with Crippen molar-refractivity contribution in [3.8, 4) is 0 Å². The van der Waals surface area contributed by atoms with Gasteiger partial charge in [-0.1, -0.05) is 34.1 Å². The molecule has 0 bridgehead atoms. The summed E-state index contributed by atoms with van der Waals surface area (Å²) in [6.07, 6.45) is -2.83. The molecule has 0 aliphatic heterocycles. The summed E-state index contributed by atoms with van der Waals surface area (Å²) in [4.78, 5) is 25.1. The van der Waals surface area contributed by atoms with E-state index >= 15 is 0 Å². The molecule has 1 atom stereocenters. The summed E-state index contributed by atoms with van der Waals surface area (Å²) in [5.74, 6) is -3.22. The van der Waals surface area contributed by atoms with Gasteiger partial charge in [0.05, 0.1) is 0 Å². The van der Waals surface area contributed by atoms with E-state index in [9.17, 15) is 23.1 Å². The fourth-order valence-electron chi connectivity index (χ4n) is 2.17. The molecule has 1 aromatic heterocycles. The van der Waals surface area contributed by atoms with Crippen LogP contribution in [0.2, 0.25) is 0 Å². The summed E-state index contributed by atoms with van der Waals surface area (Å²) in [7, 11) is 0. The average Bonchev–Trinajstić information content (AvgIpc) is 2.67. The number of carbonyl (C=O) groups is 2. The Morgan fingerprint density at radius 3 is 2.24 bits per heavy atom. The number of anilines is 1. The molecule has 3 rings (SSSR count). The second-order valence-electron chi connectivity index (χ2n) is 5.68. The molecule has 3 N–H and O–H groups in total. The van der Waals surface area contributed by atoms with Gasteiger partial charge in [0.2, 0.25) is 0 Å². The first-order valence-electron chi connectivity index (χ1n) is 7.96. The van der Waals surface area contributed by atoms with Crippen LogP contribution in [0.1, 0.15) is 11.7 Å². The van der Waals surface area contributed by atoms with Crippen LogP contribution in [0.4, 0.5) is 18.9 Å². The third kappa shape index (κ3) is 6.54. The van der Waals surface area contributed by atoms with Crippen molar-refractivity contribution >= 4 is 44.3 Å². The number of fused-ring (bicyclic) bond motifs is 1. The first-order chi connectivity index (χ1) is 13.6. The van der Waals surface area contributed by atoms with Gasteiger partial charge in [-0.2, -0.15) is 13.2 Å². The molecule has 0 aliphatic rings. The van der Waals surface area contributed by atoms with Gasteiger partial charge in [-0.25, -0.2) is 4.79 Å². The minimum Gasteiger partial charge on any atom is -0.475 e. The monoisotopic (exact) mass is 470 g/mol. The van der Waals surface area contributed by atoms with Gasteiger partial charge in [0, 0.05) is 27.9 Å². The Morgan fingerprint density at radius 1 is 1.03 bits per heavy atom. The zero-order chi connectivity index (χ0) is 21.6. The summed E-state index contributed by atoms with van der Waals surface area (Å²) >= 11 is 3.32. The largest absolute Gasteiger partial charge is 0.490 e. The number of aliphatic hydroxyl groups is 1. The molecule has 0 fully saturated rings. The maximum atomic E-state index is 12.1. The van der Waals surface area contributed by atoms with Crippen LogP contribution in [0.15, 0.2) is 65.4 Å². The molecule has 2 aromatic carbocycles. The van der Waals surface area contributed by atoms with E-state index in [-0.39, 0.29) is 0 Å². The Labute approximate surface area is 171 Å². The molecule has 0 radical (unpaired) electrons. The number of hydrogen-bond donors (Lipinski definition) is 3. The van der Waals surface area contributed by atoms with Crippen LogP contribution in [0.25, 0.3) is 10.8 Å². The number of carboxylic acid groups (broad SMARTS) is 1. The van der Waals surface area contributed by atoms with Crippen LogP contribution in [0, 0.1) is 0 Å².